The van der Waals surface area contributed by atoms with Crippen LogP contribution < -0.4 is 0 Å². The molecular weight excluding hydrogens is 410 g/mol. The Morgan fingerprint density at radius 1 is 1.23 bits per heavy atom. The molecule has 2 rings (SSSR count). The Kier molecular flexibility index (Phi) is 7.87. The van der Waals surface area contributed by atoms with Gasteiger partial charge in [-0.1, -0.05) is 56.7 Å². The molecule has 0 aliphatic carbocycles. The van der Waals surface area contributed by atoms with Gasteiger partial charge in [0.1, 0.15) is 0 Å². The standard InChI is InChI=1S/C24H35N3O3S/c1-8-13-26(22(28)14-24(5,6)7)16-21-15-25-23(27(21)18(2)3)31(29,30)17-20-11-9-19(4)10-12-20/h8-12,15,18H,1,13-14,16-17H2,2-7H3. The second kappa shape index (κ2) is 9.81. The van der Waals surface area contributed by atoms with E-state index in [9.17, 15) is 13.2 Å². The normalized spacial score (nSPS) is 12.2. The van der Waals surface area contributed by atoms with Gasteiger partial charge in [-0.25, -0.2) is 13.4 Å². The average Bonchev–Trinajstić information content (AvgIpc) is 3.06. The average molecular weight is 446 g/mol. The Balaban J connectivity index is 2.36. The number of aromatic nitrogens is 2. The molecule has 1 aromatic carbocycles. The number of amides is 1. The van der Waals surface area contributed by atoms with Crippen LogP contribution in [0.5, 0.6) is 0 Å². The van der Waals surface area contributed by atoms with Gasteiger partial charge < -0.3 is 9.47 Å². The summed E-state index contributed by atoms with van der Waals surface area (Å²) in [5, 5.41) is 0.0416. The predicted octanol–water partition coefficient (Wildman–Crippen LogP) is 4.70. The summed E-state index contributed by atoms with van der Waals surface area (Å²) in [6.45, 7) is 16.3. The molecule has 0 atom stereocenters. The Morgan fingerprint density at radius 2 is 1.84 bits per heavy atom. The van der Waals surface area contributed by atoms with Crippen LogP contribution in [-0.4, -0.2) is 35.3 Å². The van der Waals surface area contributed by atoms with Crippen molar-refractivity contribution in [2.24, 2.45) is 5.41 Å². The molecule has 0 N–H and O–H groups in total. The van der Waals surface area contributed by atoms with Crippen molar-refractivity contribution in [2.45, 2.75) is 71.5 Å². The largest absolute Gasteiger partial charge is 0.333 e. The second-order valence-electron chi connectivity index (χ2n) is 9.54. The first kappa shape index (κ1) is 24.9. The van der Waals surface area contributed by atoms with E-state index in [2.05, 4.69) is 11.6 Å². The Labute approximate surface area is 186 Å². The number of rotatable bonds is 9. The number of sulfone groups is 1. The van der Waals surface area contributed by atoms with E-state index in [4.69, 9.17) is 0 Å². The van der Waals surface area contributed by atoms with Crippen LogP contribution in [0.25, 0.3) is 0 Å². The van der Waals surface area contributed by atoms with Gasteiger partial charge in [0.05, 0.1) is 24.2 Å². The second-order valence-corrected chi connectivity index (χ2v) is 11.4. The van der Waals surface area contributed by atoms with Crippen LogP contribution in [0.15, 0.2) is 48.3 Å². The zero-order valence-corrected chi connectivity index (χ0v) is 20.4. The van der Waals surface area contributed by atoms with Crippen molar-refractivity contribution in [3.63, 3.8) is 0 Å². The van der Waals surface area contributed by atoms with Gasteiger partial charge in [-0.05, 0) is 31.7 Å². The number of carbonyl (C=O) groups excluding carboxylic acids is 1. The molecule has 0 radical (unpaired) electrons. The van der Waals surface area contributed by atoms with Crippen LogP contribution in [0, 0.1) is 12.3 Å². The lowest BCUT2D eigenvalue weighted by atomic mass is 9.91. The minimum Gasteiger partial charge on any atom is -0.333 e. The lowest BCUT2D eigenvalue weighted by Crippen LogP contribution is -2.34. The topological polar surface area (TPSA) is 72.3 Å². The minimum absolute atomic E-state index is 0.00738. The van der Waals surface area contributed by atoms with Gasteiger partial charge in [-0.2, -0.15) is 0 Å². The third-order valence-electron chi connectivity index (χ3n) is 4.85. The summed E-state index contributed by atoms with van der Waals surface area (Å²) in [5.41, 5.74) is 2.35. The SMILES string of the molecule is C=CCN(Cc1cnc(S(=O)(=O)Cc2ccc(C)cc2)n1C(C)C)C(=O)CC(C)(C)C. The zero-order valence-electron chi connectivity index (χ0n) is 19.6. The van der Waals surface area contributed by atoms with Gasteiger partial charge in [0, 0.05) is 19.0 Å². The highest BCUT2D eigenvalue weighted by Crippen LogP contribution is 2.24. The van der Waals surface area contributed by atoms with E-state index in [1.807, 2.05) is 65.8 Å². The molecule has 7 heteroatoms. The monoisotopic (exact) mass is 445 g/mol. The van der Waals surface area contributed by atoms with E-state index >= 15 is 0 Å². The van der Waals surface area contributed by atoms with Crippen molar-refractivity contribution >= 4 is 15.7 Å². The van der Waals surface area contributed by atoms with Gasteiger partial charge in [-0.3, -0.25) is 4.79 Å². The smallest absolute Gasteiger partial charge is 0.228 e. The maximum Gasteiger partial charge on any atom is 0.228 e. The summed E-state index contributed by atoms with van der Waals surface area (Å²) in [4.78, 5) is 18.8. The molecule has 31 heavy (non-hydrogen) atoms. The minimum atomic E-state index is -3.65. The molecule has 1 amide bonds. The summed E-state index contributed by atoms with van der Waals surface area (Å²) >= 11 is 0. The van der Waals surface area contributed by atoms with Gasteiger partial charge in [0.25, 0.3) is 0 Å². The van der Waals surface area contributed by atoms with Crippen LogP contribution in [0.4, 0.5) is 0 Å². The van der Waals surface area contributed by atoms with Crippen LogP contribution in [-0.2, 0) is 26.9 Å². The van der Waals surface area contributed by atoms with Crippen molar-refractivity contribution in [3.05, 3.63) is 59.9 Å². The Bertz CT molecular complexity index is 1010. The van der Waals surface area contributed by atoms with E-state index in [1.165, 1.54) is 0 Å². The number of hydrogen-bond donors (Lipinski definition) is 0. The predicted molar refractivity (Wildman–Crippen MR) is 124 cm³/mol. The summed E-state index contributed by atoms with van der Waals surface area (Å²) in [6.07, 6.45) is 3.66. The molecule has 1 heterocycles. The van der Waals surface area contributed by atoms with Crippen molar-refractivity contribution in [2.75, 3.05) is 6.54 Å². The first-order valence-corrected chi connectivity index (χ1v) is 12.2. The quantitative estimate of drug-likeness (QED) is 0.525. The van der Waals surface area contributed by atoms with E-state index in [-0.39, 0.29) is 34.8 Å². The molecule has 0 saturated heterocycles. The van der Waals surface area contributed by atoms with Crippen molar-refractivity contribution in [1.29, 1.82) is 0 Å². The lowest BCUT2D eigenvalue weighted by molar-refractivity contribution is -0.133. The first-order chi connectivity index (χ1) is 14.3. The van der Waals surface area contributed by atoms with Gasteiger partial charge in [0.15, 0.2) is 0 Å². The number of carbonyl (C=O) groups is 1. The third-order valence-corrected chi connectivity index (χ3v) is 6.42. The molecule has 0 aliphatic rings. The molecule has 0 unspecified atom stereocenters. The van der Waals surface area contributed by atoms with E-state index in [1.54, 1.807) is 21.7 Å². The van der Waals surface area contributed by atoms with Crippen molar-refractivity contribution < 1.29 is 13.2 Å². The van der Waals surface area contributed by atoms with Crippen LogP contribution in [0.3, 0.4) is 0 Å². The number of imidazole rings is 1. The number of benzene rings is 1. The highest BCUT2D eigenvalue weighted by molar-refractivity contribution is 7.90. The fraction of sp³-hybridized carbons (Fsp3) is 0.500. The summed E-state index contributed by atoms with van der Waals surface area (Å²) < 4.78 is 28.1. The van der Waals surface area contributed by atoms with Crippen molar-refractivity contribution in [3.8, 4) is 0 Å². The van der Waals surface area contributed by atoms with E-state index in [0.29, 0.717) is 18.7 Å². The molecular formula is C24H35N3O3S. The fourth-order valence-corrected chi connectivity index (χ4v) is 5.02. The fourth-order valence-electron chi connectivity index (χ4n) is 3.42. The molecule has 0 fully saturated rings. The molecule has 0 aliphatic heterocycles. The van der Waals surface area contributed by atoms with E-state index < -0.39 is 9.84 Å². The van der Waals surface area contributed by atoms with Gasteiger partial charge >= 0.3 is 0 Å². The Hall–Kier alpha value is -2.41. The summed E-state index contributed by atoms with van der Waals surface area (Å²) in [7, 11) is -3.65. The lowest BCUT2D eigenvalue weighted by Gasteiger charge is -2.27. The summed E-state index contributed by atoms with van der Waals surface area (Å²) in [5.74, 6) is -0.108. The highest BCUT2D eigenvalue weighted by atomic mass is 32.2. The molecule has 1 aromatic heterocycles. The zero-order chi connectivity index (χ0) is 23.4. The number of nitrogens with zero attached hydrogens (tertiary/aromatic N) is 3. The first-order valence-electron chi connectivity index (χ1n) is 10.6. The Morgan fingerprint density at radius 3 is 2.35 bits per heavy atom. The van der Waals surface area contributed by atoms with Crippen LogP contribution in [0.2, 0.25) is 0 Å². The number of hydrogen-bond acceptors (Lipinski definition) is 4. The van der Waals surface area contributed by atoms with Crippen LogP contribution >= 0.6 is 0 Å². The van der Waals surface area contributed by atoms with Gasteiger partial charge in [-0.15, -0.1) is 6.58 Å². The van der Waals surface area contributed by atoms with E-state index in [0.717, 1.165) is 11.1 Å². The number of aryl methyl sites for hydroxylation is 1. The van der Waals surface area contributed by atoms with Crippen LogP contribution in [0.1, 0.15) is 63.9 Å². The maximum atomic E-state index is 13.2. The third kappa shape index (κ3) is 6.79. The van der Waals surface area contributed by atoms with Crippen molar-refractivity contribution in [1.82, 2.24) is 14.5 Å². The maximum absolute atomic E-state index is 13.2. The van der Waals surface area contributed by atoms with Gasteiger partial charge in [0.2, 0.25) is 20.9 Å². The molecule has 2 aromatic rings. The molecule has 170 valence electrons. The molecule has 0 bridgehead atoms. The molecule has 0 saturated carbocycles. The molecule has 0 spiro atoms. The highest BCUT2D eigenvalue weighted by Gasteiger charge is 2.27. The summed E-state index contributed by atoms with van der Waals surface area (Å²) in [6, 6.07) is 7.34. The molecule has 6 nitrogen and oxygen atoms in total.